The van der Waals surface area contributed by atoms with Gasteiger partial charge in [-0.3, -0.25) is 11.3 Å². The molecular formula is C16H18F2N2S. The van der Waals surface area contributed by atoms with Crippen LogP contribution in [0.4, 0.5) is 8.78 Å². The molecule has 0 aliphatic heterocycles. The first-order valence-electron chi connectivity index (χ1n) is 7.14. The third-order valence-corrected chi connectivity index (χ3v) is 5.17. The number of halogens is 2. The minimum Gasteiger partial charge on any atom is -0.271 e. The number of nitrogens with one attached hydrogen (secondary N) is 1. The number of hydrogen-bond acceptors (Lipinski definition) is 3. The van der Waals surface area contributed by atoms with Crippen LogP contribution in [0.1, 0.15) is 34.8 Å². The lowest BCUT2D eigenvalue weighted by Gasteiger charge is -2.30. The Labute approximate surface area is 127 Å². The van der Waals surface area contributed by atoms with E-state index in [0.717, 1.165) is 25.3 Å². The van der Waals surface area contributed by atoms with Crippen LogP contribution < -0.4 is 11.3 Å². The second-order valence-electron chi connectivity index (χ2n) is 5.55. The number of rotatable bonds is 4. The number of benzene rings is 1. The van der Waals surface area contributed by atoms with Crippen molar-refractivity contribution < 1.29 is 8.78 Å². The summed E-state index contributed by atoms with van der Waals surface area (Å²) in [6, 6.07) is 5.79. The first-order chi connectivity index (χ1) is 10.2. The van der Waals surface area contributed by atoms with Crippen LogP contribution in [0.2, 0.25) is 0 Å². The standard InChI is InChI=1S/C16H18F2N2S/c17-11-6-10(7-12(18)9-11)8-15(20-19)13-2-1-3-16-14(13)4-5-21-16/h4-7,9,13,15,20H,1-3,8,19H2. The molecule has 112 valence electrons. The molecule has 1 aromatic heterocycles. The normalized spacial score (nSPS) is 19.3. The molecular weight excluding hydrogens is 290 g/mol. The zero-order valence-corrected chi connectivity index (χ0v) is 12.4. The van der Waals surface area contributed by atoms with E-state index in [1.54, 1.807) is 11.3 Å². The SMILES string of the molecule is NNC(Cc1cc(F)cc(F)c1)C1CCCc2sccc21. The highest BCUT2D eigenvalue weighted by molar-refractivity contribution is 7.10. The maximum absolute atomic E-state index is 13.3. The number of aryl methyl sites for hydroxylation is 1. The van der Waals surface area contributed by atoms with Crippen molar-refractivity contribution >= 4 is 11.3 Å². The van der Waals surface area contributed by atoms with Gasteiger partial charge in [0, 0.05) is 22.9 Å². The predicted octanol–water partition coefficient (Wildman–Crippen LogP) is 3.52. The Balaban J connectivity index is 1.83. The first kappa shape index (κ1) is 14.6. The molecule has 2 unspecified atom stereocenters. The van der Waals surface area contributed by atoms with E-state index >= 15 is 0 Å². The van der Waals surface area contributed by atoms with Crippen molar-refractivity contribution in [3.8, 4) is 0 Å². The average Bonchev–Trinajstić information content (AvgIpc) is 2.92. The number of nitrogens with two attached hydrogens (primary N) is 1. The van der Waals surface area contributed by atoms with E-state index in [0.29, 0.717) is 17.9 Å². The van der Waals surface area contributed by atoms with E-state index in [9.17, 15) is 8.78 Å². The number of hydrogen-bond donors (Lipinski definition) is 2. The number of thiophene rings is 1. The molecule has 0 bridgehead atoms. The monoisotopic (exact) mass is 308 g/mol. The summed E-state index contributed by atoms with van der Waals surface area (Å²) in [6.45, 7) is 0. The summed E-state index contributed by atoms with van der Waals surface area (Å²) in [5.41, 5.74) is 4.83. The average molecular weight is 308 g/mol. The molecule has 0 spiro atoms. The van der Waals surface area contributed by atoms with Gasteiger partial charge in [-0.15, -0.1) is 11.3 Å². The second kappa shape index (κ2) is 6.22. The zero-order valence-electron chi connectivity index (χ0n) is 11.6. The fourth-order valence-electron chi connectivity index (χ4n) is 3.24. The van der Waals surface area contributed by atoms with Gasteiger partial charge in [0.1, 0.15) is 11.6 Å². The minimum atomic E-state index is -0.541. The van der Waals surface area contributed by atoms with E-state index in [4.69, 9.17) is 5.84 Å². The predicted molar refractivity (Wildman–Crippen MR) is 81.2 cm³/mol. The summed E-state index contributed by atoms with van der Waals surface area (Å²) in [5, 5.41) is 2.11. The van der Waals surface area contributed by atoms with Crippen LogP contribution in [0.25, 0.3) is 0 Å². The number of hydrazine groups is 1. The Morgan fingerprint density at radius 2 is 2.05 bits per heavy atom. The largest absolute Gasteiger partial charge is 0.271 e. The van der Waals surface area contributed by atoms with Gasteiger partial charge < -0.3 is 0 Å². The molecule has 0 saturated carbocycles. The highest BCUT2D eigenvalue weighted by Gasteiger charge is 2.28. The van der Waals surface area contributed by atoms with Crippen molar-refractivity contribution in [1.82, 2.24) is 5.43 Å². The lowest BCUT2D eigenvalue weighted by molar-refractivity contribution is 0.396. The smallest absolute Gasteiger partial charge is 0.126 e. The summed E-state index contributed by atoms with van der Waals surface area (Å²) in [7, 11) is 0. The van der Waals surface area contributed by atoms with Gasteiger partial charge in [0.25, 0.3) is 0 Å². The van der Waals surface area contributed by atoms with Gasteiger partial charge in [-0.25, -0.2) is 8.78 Å². The van der Waals surface area contributed by atoms with Crippen LogP contribution >= 0.6 is 11.3 Å². The van der Waals surface area contributed by atoms with Crippen LogP contribution in [-0.2, 0) is 12.8 Å². The molecule has 1 aliphatic carbocycles. The molecule has 2 atom stereocenters. The lowest BCUT2D eigenvalue weighted by Crippen LogP contribution is -2.42. The van der Waals surface area contributed by atoms with Gasteiger partial charge in [-0.2, -0.15) is 0 Å². The molecule has 3 rings (SSSR count). The van der Waals surface area contributed by atoms with Crippen LogP contribution in [0, 0.1) is 11.6 Å². The molecule has 21 heavy (non-hydrogen) atoms. The maximum atomic E-state index is 13.3. The molecule has 0 amide bonds. The summed E-state index contributed by atoms with van der Waals surface area (Å²) in [4.78, 5) is 1.41. The van der Waals surface area contributed by atoms with E-state index in [1.165, 1.54) is 22.6 Å². The summed E-state index contributed by atoms with van der Waals surface area (Å²) in [5.74, 6) is 4.94. The van der Waals surface area contributed by atoms with Gasteiger partial charge in [0.15, 0.2) is 0 Å². The Morgan fingerprint density at radius 3 is 2.76 bits per heavy atom. The Hall–Kier alpha value is -1.30. The molecule has 0 saturated heterocycles. The second-order valence-corrected chi connectivity index (χ2v) is 6.55. The molecule has 1 aromatic carbocycles. The van der Waals surface area contributed by atoms with E-state index in [2.05, 4.69) is 16.9 Å². The molecule has 2 nitrogen and oxygen atoms in total. The highest BCUT2D eigenvalue weighted by atomic mass is 32.1. The van der Waals surface area contributed by atoms with E-state index in [1.807, 2.05) is 0 Å². The highest BCUT2D eigenvalue weighted by Crippen LogP contribution is 2.37. The van der Waals surface area contributed by atoms with Gasteiger partial charge in [0.05, 0.1) is 0 Å². The fraction of sp³-hybridized carbons (Fsp3) is 0.375. The van der Waals surface area contributed by atoms with Crippen LogP contribution in [0.15, 0.2) is 29.6 Å². The lowest BCUT2D eigenvalue weighted by atomic mass is 9.80. The van der Waals surface area contributed by atoms with E-state index < -0.39 is 11.6 Å². The van der Waals surface area contributed by atoms with Crippen molar-refractivity contribution in [2.24, 2.45) is 5.84 Å². The molecule has 0 fully saturated rings. The van der Waals surface area contributed by atoms with E-state index in [-0.39, 0.29) is 6.04 Å². The first-order valence-corrected chi connectivity index (χ1v) is 8.02. The van der Waals surface area contributed by atoms with Crippen molar-refractivity contribution in [2.45, 2.75) is 37.6 Å². The van der Waals surface area contributed by atoms with Crippen molar-refractivity contribution in [3.63, 3.8) is 0 Å². The summed E-state index contributed by atoms with van der Waals surface area (Å²) in [6.07, 6.45) is 3.82. The molecule has 3 N–H and O–H groups in total. The molecule has 2 aromatic rings. The van der Waals surface area contributed by atoms with Crippen molar-refractivity contribution in [2.75, 3.05) is 0 Å². The van der Waals surface area contributed by atoms with Gasteiger partial charge in [0.2, 0.25) is 0 Å². The third kappa shape index (κ3) is 3.15. The third-order valence-electron chi connectivity index (χ3n) is 4.18. The molecule has 1 heterocycles. The quantitative estimate of drug-likeness (QED) is 0.670. The summed E-state index contributed by atoms with van der Waals surface area (Å²) >= 11 is 1.78. The Morgan fingerprint density at radius 1 is 1.29 bits per heavy atom. The van der Waals surface area contributed by atoms with Crippen molar-refractivity contribution in [3.05, 3.63) is 57.3 Å². The molecule has 5 heteroatoms. The fourth-order valence-corrected chi connectivity index (χ4v) is 4.24. The summed E-state index contributed by atoms with van der Waals surface area (Å²) < 4.78 is 26.6. The van der Waals surface area contributed by atoms with Gasteiger partial charge in [-0.05, 0) is 60.4 Å². The van der Waals surface area contributed by atoms with Gasteiger partial charge in [-0.1, -0.05) is 0 Å². The van der Waals surface area contributed by atoms with Crippen molar-refractivity contribution in [1.29, 1.82) is 0 Å². The maximum Gasteiger partial charge on any atom is 0.126 e. The Kier molecular flexibility index (Phi) is 4.33. The molecule has 0 radical (unpaired) electrons. The van der Waals surface area contributed by atoms with Crippen LogP contribution in [-0.4, -0.2) is 6.04 Å². The van der Waals surface area contributed by atoms with Gasteiger partial charge >= 0.3 is 0 Å². The number of fused-ring (bicyclic) bond motifs is 1. The van der Waals surface area contributed by atoms with Crippen LogP contribution in [0.3, 0.4) is 0 Å². The Bertz CT molecular complexity index is 606. The van der Waals surface area contributed by atoms with Crippen LogP contribution in [0.5, 0.6) is 0 Å². The zero-order chi connectivity index (χ0) is 14.8. The molecule has 1 aliphatic rings. The minimum absolute atomic E-state index is 0.0140. The topological polar surface area (TPSA) is 38.0 Å².